The molecule has 0 N–H and O–H groups in total. The molecule has 0 fully saturated rings. The zero-order valence-corrected chi connectivity index (χ0v) is 14.2. The fourth-order valence-electron chi connectivity index (χ4n) is 2.03. The minimum absolute atomic E-state index is 0.110. The van der Waals surface area contributed by atoms with Gasteiger partial charge in [0.2, 0.25) is 0 Å². The number of Topliss-reactive ketones (excluding diaryl/α,β-unsaturated/α-hetero) is 1. The average Bonchev–Trinajstić information content (AvgIpc) is 2.51. The number of rotatable bonds is 7. The summed E-state index contributed by atoms with van der Waals surface area (Å²) in [7, 11) is 0. The molecule has 0 aliphatic carbocycles. The van der Waals surface area contributed by atoms with Gasteiger partial charge < -0.3 is 4.74 Å². The largest absolute Gasteiger partial charge is 0.494 e. The van der Waals surface area contributed by atoms with E-state index < -0.39 is 0 Å². The van der Waals surface area contributed by atoms with Crippen LogP contribution < -0.4 is 4.74 Å². The van der Waals surface area contributed by atoms with Gasteiger partial charge in [0.05, 0.1) is 6.61 Å². The van der Waals surface area contributed by atoms with Gasteiger partial charge in [-0.25, -0.2) is 0 Å². The number of ketones is 1. The van der Waals surface area contributed by atoms with Gasteiger partial charge in [-0.05, 0) is 62.6 Å². The van der Waals surface area contributed by atoms with Crippen molar-refractivity contribution in [2.75, 3.05) is 12.4 Å². The van der Waals surface area contributed by atoms with Crippen LogP contribution in [0, 0.1) is 13.8 Å². The van der Waals surface area contributed by atoms with E-state index in [9.17, 15) is 4.79 Å². The maximum Gasteiger partial charge on any atom is 0.159 e. The third kappa shape index (κ3) is 4.92. The number of carbonyl (C=O) groups is 1. The van der Waals surface area contributed by atoms with Crippen LogP contribution in [0.25, 0.3) is 0 Å². The van der Waals surface area contributed by atoms with Gasteiger partial charge in [-0.1, -0.05) is 18.2 Å². The van der Waals surface area contributed by atoms with Crippen LogP contribution in [0.4, 0.5) is 0 Å². The Morgan fingerprint density at radius 3 is 2.41 bits per heavy atom. The summed E-state index contributed by atoms with van der Waals surface area (Å²) in [6, 6.07) is 14.0. The van der Waals surface area contributed by atoms with E-state index in [1.54, 1.807) is 18.7 Å². The lowest BCUT2D eigenvalue weighted by molar-refractivity contribution is 0.101. The van der Waals surface area contributed by atoms with Crippen molar-refractivity contribution in [2.45, 2.75) is 32.1 Å². The highest BCUT2D eigenvalue weighted by Gasteiger charge is 2.00. The number of ether oxygens (including phenoxy) is 1. The fraction of sp³-hybridized carbons (Fsp3) is 0.316. The second-order valence-corrected chi connectivity index (χ2v) is 6.55. The van der Waals surface area contributed by atoms with E-state index in [1.165, 1.54) is 16.0 Å². The van der Waals surface area contributed by atoms with E-state index >= 15 is 0 Å². The lowest BCUT2D eigenvalue weighted by atomic mass is 10.1. The van der Waals surface area contributed by atoms with Gasteiger partial charge in [-0.3, -0.25) is 4.79 Å². The molecule has 0 spiro atoms. The molecular formula is C19H22O2S. The molecule has 2 aromatic carbocycles. The highest BCUT2D eigenvalue weighted by atomic mass is 32.2. The van der Waals surface area contributed by atoms with Crippen LogP contribution in [0.1, 0.15) is 34.8 Å². The summed E-state index contributed by atoms with van der Waals surface area (Å²) in [6.45, 7) is 6.52. The molecular weight excluding hydrogens is 292 g/mol. The average molecular weight is 314 g/mol. The zero-order valence-electron chi connectivity index (χ0n) is 13.4. The Labute approximate surface area is 136 Å². The van der Waals surface area contributed by atoms with Crippen molar-refractivity contribution in [1.82, 2.24) is 0 Å². The summed E-state index contributed by atoms with van der Waals surface area (Å²) in [4.78, 5) is 12.4. The molecule has 0 aromatic heterocycles. The smallest absolute Gasteiger partial charge is 0.159 e. The zero-order chi connectivity index (χ0) is 15.9. The van der Waals surface area contributed by atoms with E-state index in [0.29, 0.717) is 0 Å². The second kappa shape index (κ2) is 8.04. The molecule has 0 aliphatic heterocycles. The third-order valence-corrected chi connectivity index (χ3v) is 4.66. The highest BCUT2D eigenvalue weighted by molar-refractivity contribution is 7.99. The van der Waals surface area contributed by atoms with Crippen molar-refractivity contribution in [3.05, 3.63) is 59.2 Å². The van der Waals surface area contributed by atoms with E-state index in [-0.39, 0.29) is 5.78 Å². The fourth-order valence-corrected chi connectivity index (χ4v) is 2.85. The SMILES string of the molecule is CC(=O)c1ccc(SCCCOc2ccc(C)c(C)c2)cc1. The first-order chi connectivity index (χ1) is 10.6. The van der Waals surface area contributed by atoms with E-state index in [4.69, 9.17) is 4.74 Å². The first-order valence-corrected chi connectivity index (χ1v) is 8.48. The number of hydrogen-bond donors (Lipinski definition) is 0. The van der Waals surface area contributed by atoms with Crippen LogP contribution in [0.5, 0.6) is 5.75 Å². The molecule has 0 radical (unpaired) electrons. The predicted octanol–water partition coefficient (Wildman–Crippen LogP) is 5.07. The first kappa shape index (κ1) is 16.6. The monoisotopic (exact) mass is 314 g/mol. The van der Waals surface area contributed by atoms with Gasteiger partial charge in [0, 0.05) is 16.2 Å². The van der Waals surface area contributed by atoms with Gasteiger partial charge in [-0.2, -0.15) is 0 Å². The highest BCUT2D eigenvalue weighted by Crippen LogP contribution is 2.20. The van der Waals surface area contributed by atoms with Crippen LogP contribution in [0.2, 0.25) is 0 Å². The molecule has 2 rings (SSSR count). The summed E-state index contributed by atoms with van der Waals surface area (Å²) in [5.41, 5.74) is 3.32. The number of carbonyl (C=O) groups excluding carboxylic acids is 1. The topological polar surface area (TPSA) is 26.3 Å². The molecule has 0 saturated heterocycles. The molecule has 3 heteroatoms. The van der Waals surface area contributed by atoms with Crippen LogP contribution in [-0.4, -0.2) is 18.1 Å². The summed E-state index contributed by atoms with van der Waals surface area (Å²) >= 11 is 1.79. The third-order valence-electron chi connectivity index (χ3n) is 3.57. The van der Waals surface area contributed by atoms with Gasteiger partial charge in [0.15, 0.2) is 5.78 Å². The van der Waals surface area contributed by atoms with Gasteiger partial charge in [0.25, 0.3) is 0 Å². The molecule has 0 saturated carbocycles. The molecule has 0 unspecified atom stereocenters. The minimum atomic E-state index is 0.110. The molecule has 22 heavy (non-hydrogen) atoms. The van der Waals surface area contributed by atoms with Crippen molar-refractivity contribution in [1.29, 1.82) is 0 Å². The van der Waals surface area contributed by atoms with Crippen LogP contribution in [0.15, 0.2) is 47.4 Å². The Morgan fingerprint density at radius 1 is 1.05 bits per heavy atom. The number of thioether (sulfide) groups is 1. The van der Waals surface area contributed by atoms with Crippen molar-refractivity contribution in [3.8, 4) is 5.75 Å². The Kier molecular flexibility index (Phi) is 6.08. The summed E-state index contributed by atoms with van der Waals surface area (Å²) < 4.78 is 5.77. The molecule has 0 aliphatic rings. The van der Waals surface area contributed by atoms with Crippen LogP contribution in [0.3, 0.4) is 0 Å². The summed E-state index contributed by atoms with van der Waals surface area (Å²) in [6.07, 6.45) is 0.992. The normalized spacial score (nSPS) is 10.5. The maximum absolute atomic E-state index is 11.2. The molecule has 116 valence electrons. The van der Waals surface area contributed by atoms with E-state index in [2.05, 4.69) is 26.0 Å². The number of benzene rings is 2. The van der Waals surface area contributed by atoms with Crippen molar-refractivity contribution in [2.24, 2.45) is 0 Å². The van der Waals surface area contributed by atoms with Crippen molar-refractivity contribution in [3.63, 3.8) is 0 Å². The molecule has 0 atom stereocenters. The summed E-state index contributed by atoms with van der Waals surface area (Å²) in [5.74, 6) is 2.06. The van der Waals surface area contributed by atoms with Gasteiger partial charge >= 0.3 is 0 Å². The molecule has 2 aromatic rings. The first-order valence-electron chi connectivity index (χ1n) is 7.50. The predicted molar refractivity (Wildman–Crippen MR) is 93.2 cm³/mol. The lowest BCUT2D eigenvalue weighted by Crippen LogP contribution is -1.99. The standard InChI is InChI=1S/C19H22O2S/c1-14-5-8-18(13-15(14)2)21-11-4-12-22-19-9-6-17(7-10-19)16(3)20/h5-10,13H,4,11-12H2,1-3H3. The molecule has 0 heterocycles. The lowest BCUT2D eigenvalue weighted by Gasteiger charge is -2.08. The minimum Gasteiger partial charge on any atom is -0.494 e. The van der Waals surface area contributed by atoms with E-state index in [0.717, 1.165) is 30.1 Å². The number of aryl methyl sites for hydroxylation is 2. The second-order valence-electron chi connectivity index (χ2n) is 5.38. The molecule has 0 amide bonds. The number of hydrogen-bond acceptors (Lipinski definition) is 3. The van der Waals surface area contributed by atoms with Gasteiger partial charge in [-0.15, -0.1) is 11.8 Å². The Balaban J connectivity index is 1.70. The Morgan fingerprint density at radius 2 is 1.77 bits per heavy atom. The van der Waals surface area contributed by atoms with Crippen LogP contribution >= 0.6 is 11.8 Å². The summed E-state index contributed by atoms with van der Waals surface area (Å²) in [5, 5.41) is 0. The van der Waals surface area contributed by atoms with E-state index in [1.807, 2.05) is 30.3 Å². The molecule has 0 bridgehead atoms. The van der Waals surface area contributed by atoms with Crippen LogP contribution in [-0.2, 0) is 0 Å². The Hall–Kier alpha value is -1.74. The van der Waals surface area contributed by atoms with Crippen molar-refractivity contribution >= 4 is 17.5 Å². The maximum atomic E-state index is 11.2. The van der Waals surface area contributed by atoms with Crippen molar-refractivity contribution < 1.29 is 9.53 Å². The quantitative estimate of drug-likeness (QED) is 0.405. The molecule has 2 nitrogen and oxygen atoms in total. The van der Waals surface area contributed by atoms with Gasteiger partial charge in [0.1, 0.15) is 5.75 Å². The Bertz CT molecular complexity index is 632.